The van der Waals surface area contributed by atoms with E-state index in [0.717, 1.165) is 22.6 Å². The summed E-state index contributed by atoms with van der Waals surface area (Å²) in [6, 6.07) is 15.7. The van der Waals surface area contributed by atoms with Crippen molar-refractivity contribution < 1.29 is 14.3 Å². The average Bonchev–Trinajstić information content (AvgIpc) is 2.68. The molecule has 0 aromatic heterocycles. The molecule has 0 spiro atoms. The van der Waals surface area contributed by atoms with Crippen molar-refractivity contribution in [3.8, 4) is 5.75 Å². The number of hydrogen-bond donors (Lipinski definition) is 0. The molecule has 0 heterocycles. The van der Waals surface area contributed by atoms with Gasteiger partial charge >= 0.3 is 0 Å². The fraction of sp³-hybridized carbons (Fsp3) is 0.391. The highest BCUT2D eigenvalue weighted by Crippen LogP contribution is 2.19. The smallest absolute Gasteiger partial charge is 0.228 e. The number of hydrogen-bond acceptors (Lipinski definition) is 3. The van der Waals surface area contributed by atoms with Gasteiger partial charge in [0, 0.05) is 38.7 Å². The number of methoxy groups -OCH3 is 1. The summed E-state index contributed by atoms with van der Waals surface area (Å²) in [5, 5.41) is 0. The van der Waals surface area contributed by atoms with Crippen molar-refractivity contribution in [1.29, 1.82) is 0 Å². The van der Waals surface area contributed by atoms with E-state index in [1.54, 1.807) is 23.8 Å². The number of carbonyl (C=O) groups excluding carboxylic acids is 2. The minimum Gasteiger partial charge on any atom is -0.496 e. The van der Waals surface area contributed by atoms with Crippen LogP contribution < -0.4 is 9.64 Å². The minimum absolute atomic E-state index is 0.0247. The summed E-state index contributed by atoms with van der Waals surface area (Å²) in [6.45, 7) is 7.08. The first-order valence-electron chi connectivity index (χ1n) is 9.70. The molecule has 5 heteroatoms. The van der Waals surface area contributed by atoms with Crippen LogP contribution in [0.15, 0.2) is 48.5 Å². The number of amides is 2. The second kappa shape index (κ2) is 10.5. The van der Waals surface area contributed by atoms with Crippen LogP contribution in [0.4, 0.5) is 5.69 Å². The van der Waals surface area contributed by atoms with Crippen LogP contribution in [0.1, 0.15) is 31.4 Å². The van der Waals surface area contributed by atoms with E-state index < -0.39 is 0 Å². The van der Waals surface area contributed by atoms with Gasteiger partial charge in [0.15, 0.2) is 0 Å². The van der Waals surface area contributed by atoms with Gasteiger partial charge < -0.3 is 14.5 Å². The van der Waals surface area contributed by atoms with Crippen LogP contribution in [-0.2, 0) is 16.0 Å². The van der Waals surface area contributed by atoms with Crippen molar-refractivity contribution >= 4 is 17.5 Å². The van der Waals surface area contributed by atoms with E-state index in [1.807, 2.05) is 62.4 Å². The molecule has 0 unspecified atom stereocenters. The molecule has 0 bridgehead atoms. The van der Waals surface area contributed by atoms with E-state index in [-0.39, 0.29) is 11.8 Å². The zero-order valence-corrected chi connectivity index (χ0v) is 17.3. The third-order valence-corrected chi connectivity index (χ3v) is 4.82. The zero-order chi connectivity index (χ0) is 20.5. The number of anilines is 1. The lowest BCUT2D eigenvalue weighted by atomic mass is 10.1. The maximum absolute atomic E-state index is 12.8. The Labute approximate surface area is 167 Å². The van der Waals surface area contributed by atoms with Gasteiger partial charge in [-0.15, -0.1) is 0 Å². The van der Waals surface area contributed by atoms with E-state index in [1.165, 1.54) is 0 Å². The van der Waals surface area contributed by atoms with Crippen LogP contribution in [0.5, 0.6) is 5.75 Å². The second-order valence-electron chi connectivity index (χ2n) is 6.79. The van der Waals surface area contributed by atoms with E-state index in [4.69, 9.17) is 4.74 Å². The van der Waals surface area contributed by atoms with Crippen LogP contribution in [0, 0.1) is 6.92 Å². The Bertz CT molecular complexity index is 804. The van der Waals surface area contributed by atoms with E-state index in [9.17, 15) is 9.59 Å². The number of benzene rings is 2. The maximum Gasteiger partial charge on any atom is 0.228 e. The van der Waals surface area contributed by atoms with Gasteiger partial charge in [0.1, 0.15) is 5.75 Å². The highest BCUT2D eigenvalue weighted by atomic mass is 16.5. The lowest BCUT2D eigenvalue weighted by molar-refractivity contribution is -0.129. The van der Waals surface area contributed by atoms with Crippen molar-refractivity contribution in [3.05, 3.63) is 59.7 Å². The third-order valence-electron chi connectivity index (χ3n) is 4.82. The lowest BCUT2D eigenvalue weighted by Crippen LogP contribution is -2.37. The normalized spacial score (nSPS) is 10.4. The molecule has 150 valence electrons. The Morgan fingerprint density at radius 1 is 1.04 bits per heavy atom. The maximum atomic E-state index is 12.8. The summed E-state index contributed by atoms with van der Waals surface area (Å²) in [4.78, 5) is 28.3. The molecular weight excluding hydrogens is 352 g/mol. The Morgan fingerprint density at radius 3 is 2.43 bits per heavy atom. The standard InChI is InChI=1S/C23H30N2O3/c1-5-25(21-11-8-9-18(2)17-21)23(27)14-16-24(19(3)26)15-13-20-10-6-7-12-22(20)28-4/h6-12,17H,5,13-16H2,1-4H3. The molecule has 0 fully saturated rings. The van der Waals surface area contributed by atoms with Crippen molar-refractivity contribution in [2.45, 2.75) is 33.6 Å². The number of rotatable bonds is 9. The molecule has 0 aliphatic rings. The quantitative estimate of drug-likeness (QED) is 0.662. The lowest BCUT2D eigenvalue weighted by Gasteiger charge is -2.25. The first-order chi connectivity index (χ1) is 13.5. The molecule has 5 nitrogen and oxygen atoms in total. The Hall–Kier alpha value is -2.82. The number of carbonyl (C=O) groups is 2. The van der Waals surface area contributed by atoms with Gasteiger partial charge in [-0.1, -0.05) is 30.3 Å². The van der Waals surface area contributed by atoms with Gasteiger partial charge in [-0.25, -0.2) is 0 Å². The van der Waals surface area contributed by atoms with Crippen molar-refractivity contribution in [1.82, 2.24) is 4.90 Å². The summed E-state index contributed by atoms with van der Waals surface area (Å²) in [5.41, 5.74) is 3.07. The number of ether oxygens (including phenoxy) is 1. The SMILES string of the molecule is CCN(C(=O)CCN(CCc1ccccc1OC)C(C)=O)c1cccc(C)c1. The number of aryl methyl sites for hydroxylation is 1. The average molecular weight is 383 g/mol. The largest absolute Gasteiger partial charge is 0.496 e. The highest BCUT2D eigenvalue weighted by molar-refractivity contribution is 5.93. The summed E-state index contributed by atoms with van der Waals surface area (Å²) in [5.74, 6) is 0.816. The molecule has 0 saturated carbocycles. The molecule has 0 aliphatic carbocycles. The van der Waals surface area contributed by atoms with Crippen molar-refractivity contribution in [3.63, 3.8) is 0 Å². The summed E-state index contributed by atoms with van der Waals surface area (Å²) in [7, 11) is 1.64. The second-order valence-corrected chi connectivity index (χ2v) is 6.79. The van der Waals surface area contributed by atoms with Gasteiger partial charge in [0.2, 0.25) is 11.8 Å². The predicted octanol–water partition coefficient (Wildman–Crippen LogP) is 3.84. The molecule has 0 radical (unpaired) electrons. The topological polar surface area (TPSA) is 49.9 Å². The minimum atomic E-state index is -0.0266. The molecule has 0 N–H and O–H groups in total. The van der Waals surface area contributed by atoms with Crippen LogP contribution in [0.25, 0.3) is 0 Å². The van der Waals surface area contributed by atoms with Crippen LogP contribution in [-0.4, -0.2) is 43.5 Å². The summed E-state index contributed by atoms with van der Waals surface area (Å²) in [6.07, 6.45) is 0.987. The molecule has 2 aromatic carbocycles. The number of para-hydroxylation sites is 1. The summed E-state index contributed by atoms with van der Waals surface area (Å²) >= 11 is 0. The first-order valence-corrected chi connectivity index (χ1v) is 9.70. The van der Waals surface area contributed by atoms with Crippen LogP contribution in [0.3, 0.4) is 0 Å². The first kappa shape index (κ1) is 21.5. The van der Waals surface area contributed by atoms with E-state index in [2.05, 4.69) is 0 Å². The molecular formula is C23H30N2O3. The monoisotopic (exact) mass is 382 g/mol. The van der Waals surface area contributed by atoms with Gasteiger partial charge in [-0.05, 0) is 49.6 Å². The van der Waals surface area contributed by atoms with Gasteiger partial charge in [-0.3, -0.25) is 9.59 Å². The van der Waals surface area contributed by atoms with E-state index >= 15 is 0 Å². The van der Waals surface area contributed by atoms with Crippen LogP contribution >= 0.6 is 0 Å². The zero-order valence-electron chi connectivity index (χ0n) is 17.3. The molecule has 2 amide bonds. The van der Waals surface area contributed by atoms with E-state index in [0.29, 0.717) is 32.5 Å². The predicted molar refractivity (Wildman–Crippen MR) is 113 cm³/mol. The fourth-order valence-corrected chi connectivity index (χ4v) is 3.26. The van der Waals surface area contributed by atoms with Crippen molar-refractivity contribution in [2.24, 2.45) is 0 Å². The third kappa shape index (κ3) is 5.84. The molecule has 0 aliphatic heterocycles. The Kier molecular flexibility index (Phi) is 8.05. The van der Waals surface area contributed by atoms with Gasteiger partial charge in [0.05, 0.1) is 7.11 Å². The van der Waals surface area contributed by atoms with Gasteiger partial charge in [-0.2, -0.15) is 0 Å². The van der Waals surface area contributed by atoms with Gasteiger partial charge in [0.25, 0.3) is 0 Å². The highest BCUT2D eigenvalue weighted by Gasteiger charge is 2.17. The molecule has 2 rings (SSSR count). The molecule has 28 heavy (non-hydrogen) atoms. The number of nitrogens with zero attached hydrogens (tertiary/aromatic N) is 2. The molecule has 0 atom stereocenters. The Morgan fingerprint density at radius 2 is 1.79 bits per heavy atom. The van der Waals surface area contributed by atoms with Crippen LogP contribution in [0.2, 0.25) is 0 Å². The summed E-state index contributed by atoms with van der Waals surface area (Å²) < 4.78 is 5.38. The fourth-order valence-electron chi connectivity index (χ4n) is 3.26. The molecule has 0 saturated heterocycles. The molecule has 2 aromatic rings. The Balaban J connectivity index is 1.98. The van der Waals surface area contributed by atoms with Crippen molar-refractivity contribution in [2.75, 3.05) is 31.6 Å².